The molecule has 120 valence electrons. The van der Waals surface area contributed by atoms with Gasteiger partial charge in [-0.1, -0.05) is 18.2 Å². The molecule has 7 heteroatoms. The summed E-state index contributed by atoms with van der Waals surface area (Å²) in [4.78, 5) is 22.6. The van der Waals surface area contributed by atoms with Crippen LogP contribution in [0.4, 0.5) is 10.1 Å². The summed E-state index contributed by atoms with van der Waals surface area (Å²) in [7, 11) is 0. The number of amides is 1. The van der Waals surface area contributed by atoms with Crippen molar-refractivity contribution in [3.05, 3.63) is 70.0 Å². The summed E-state index contributed by atoms with van der Waals surface area (Å²) in [6.07, 6.45) is 0.431. The molecule has 0 aromatic heterocycles. The molecule has 0 aliphatic heterocycles. The lowest BCUT2D eigenvalue weighted by molar-refractivity contribution is -0.384. The normalized spacial score (nSPS) is 10.3. The molecule has 1 N–H and O–H groups in total. The number of rotatable bonds is 7. The van der Waals surface area contributed by atoms with Gasteiger partial charge in [0, 0.05) is 23.6 Å². The SMILES string of the molecule is O=C(CSc1ccc([N+](=O)[O-])cc1)NCCc1ccccc1F. The Bertz CT molecular complexity index is 692. The number of nitro groups is 1. The van der Waals surface area contributed by atoms with Gasteiger partial charge in [0.15, 0.2) is 0 Å². The van der Waals surface area contributed by atoms with Crippen molar-refractivity contribution in [1.82, 2.24) is 5.32 Å². The van der Waals surface area contributed by atoms with Crippen molar-refractivity contribution in [1.29, 1.82) is 0 Å². The molecule has 0 saturated heterocycles. The fourth-order valence-electron chi connectivity index (χ4n) is 1.90. The maximum absolute atomic E-state index is 13.4. The first-order chi connectivity index (χ1) is 11.1. The Labute approximate surface area is 137 Å². The van der Waals surface area contributed by atoms with Gasteiger partial charge in [-0.3, -0.25) is 14.9 Å². The lowest BCUT2D eigenvalue weighted by Crippen LogP contribution is -2.27. The highest BCUT2D eigenvalue weighted by Gasteiger charge is 2.07. The second-order valence-electron chi connectivity index (χ2n) is 4.73. The molecule has 0 aliphatic rings. The molecule has 0 spiro atoms. The van der Waals surface area contributed by atoms with Crippen LogP contribution in [0.5, 0.6) is 0 Å². The van der Waals surface area contributed by atoms with E-state index in [-0.39, 0.29) is 23.2 Å². The van der Waals surface area contributed by atoms with E-state index in [4.69, 9.17) is 0 Å². The molecule has 0 atom stereocenters. The van der Waals surface area contributed by atoms with Gasteiger partial charge in [-0.15, -0.1) is 11.8 Å². The van der Waals surface area contributed by atoms with E-state index in [9.17, 15) is 19.3 Å². The molecule has 2 aromatic carbocycles. The first-order valence-corrected chi connectivity index (χ1v) is 7.92. The number of hydrogen-bond acceptors (Lipinski definition) is 4. The number of carbonyl (C=O) groups is 1. The molecule has 0 radical (unpaired) electrons. The zero-order chi connectivity index (χ0) is 16.7. The van der Waals surface area contributed by atoms with Gasteiger partial charge in [0.2, 0.25) is 5.91 Å². The van der Waals surface area contributed by atoms with Crippen LogP contribution in [0.2, 0.25) is 0 Å². The van der Waals surface area contributed by atoms with Crippen molar-refractivity contribution >= 4 is 23.4 Å². The van der Waals surface area contributed by atoms with Crippen LogP contribution in [0.25, 0.3) is 0 Å². The van der Waals surface area contributed by atoms with E-state index >= 15 is 0 Å². The molecule has 2 aromatic rings. The first-order valence-electron chi connectivity index (χ1n) is 6.93. The second kappa shape index (κ2) is 8.28. The third kappa shape index (κ3) is 5.37. The molecule has 23 heavy (non-hydrogen) atoms. The quantitative estimate of drug-likeness (QED) is 0.479. The largest absolute Gasteiger partial charge is 0.355 e. The average molecular weight is 334 g/mol. The Morgan fingerprint density at radius 1 is 1.17 bits per heavy atom. The van der Waals surface area contributed by atoms with E-state index in [0.717, 1.165) is 4.90 Å². The molecular weight excluding hydrogens is 319 g/mol. The highest BCUT2D eigenvalue weighted by molar-refractivity contribution is 8.00. The predicted octanol–water partition coefficient (Wildman–Crippen LogP) is 3.18. The van der Waals surface area contributed by atoms with Crippen molar-refractivity contribution in [2.24, 2.45) is 0 Å². The first kappa shape index (κ1) is 17.0. The van der Waals surface area contributed by atoms with E-state index < -0.39 is 4.92 Å². The van der Waals surface area contributed by atoms with Gasteiger partial charge in [-0.05, 0) is 30.2 Å². The number of halogens is 1. The summed E-state index contributed by atoms with van der Waals surface area (Å²) in [6.45, 7) is 0.362. The van der Waals surface area contributed by atoms with Crippen LogP contribution in [0.3, 0.4) is 0 Å². The number of non-ortho nitro benzene ring substituents is 1. The number of thioether (sulfide) groups is 1. The lowest BCUT2D eigenvalue weighted by Gasteiger charge is -2.06. The summed E-state index contributed by atoms with van der Waals surface area (Å²) in [5.41, 5.74) is 0.583. The van der Waals surface area contributed by atoms with Crippen LogP contribution in [0, 0.1) is 15.9 Å². The number of nitrogens with one attached hydrogen (secondary N) is 1. The molecule has 0 unspecified atom stereocenters. The van der Waals surface area contributed by atoms with Gasteiger partial charge >= 0.3 is 0 Å². The topological polar surface area (TPSA) is 72.2 Å². The summed E-state index contributed by atoms with van der Waals surface area (Å²) >= 11 is 1.29. The predicted molar refractivity (Wildman–Crippen MR) is 86.9 cm³/mol. The third-order valence-corrected chi connectivity index (χ3v) is 4.10. The zero-order valence-electron chi connectivity index (χ0n) is 12.2. The van der Waals surface area contributed by atoms with Crippen molar-refractivity contribution in [3.8, 4) is 0 Å². The highest BCUT2D eigenvalue weighted by atomic mass is 32.2. The van der Waals surface area contributed by atoms with Crippen LogP contribution < -0.4 is 5.32 Å². The molecule has 0 fully saturated rings. The van der Waals surface area contributed by atoms with Crippen LogP contribution in [-0.4, -0.2) is 23.1 Å². The van der Waals surface area contributed by atoms with Gasteiger partial charge in [0.25, 0.3) is 5.69 Å². The van der Waals surface area contributed by atoms with Gasteiger partial charge in [-0.2, -0.15) is 0 Å². The number of hydrogen-bond donors (Lipinski definition) is 1. The minimum atomic E-state index is -0.468. The molecule has 0 saturated carbocycles. The zero-order valence-corrected chi connectivity index (χ0v) is 13.0. The van der Waals surface area contributed by atoms with Gasteiger partial charge in [-0.25, -0.2) is 4.39 Å². The molecule has 1 amide bonds. The van der Waals surface area contributed by atoms with Crippen LogP contribution in [-0.2, 0) is 11.2 Å². The average Bonchev–Trinajstić information content (AvgIpc) is 2.55. The third-order valence-electron chi connectivity index (χ3n) is 3.09. The Morgan fingerprint density at radius 2 is 1.87 bits per heavy atom. The van der Waals surface area contributed by atoms with Gasteiger partial charge in [0.05, 0.1) is 10.7 Å². The van der Waals surface area contributed by atoms with Crippen LogP contribution in [0.1, 0.15) is 5.56 Å². The van der Waals surface area contributed by atoms with Gasteiger partial charge in [0.1, 0.15) is 5.82 Å². The number of nitro benzene ring substituents is 1. The summed E-state index contributed by atoms with van der Waals surface area (Å²) in [5, 5.41) is 13.3. The van der Waals surface area contributed by atoms with Crippen molar-refractivity contribution in [3.63, 3.8) is 0 Å². The summed E-state index contributed by atoms with van der Waals surface area (Å²) in [6, 6.07) is 12.5. The van der Waals surface area contributed by atoms with E-state index in [1.807, 2.05) is 0 Å². The van der Waals surface area contributed by atoms with Crippen molar-refractivity contribution < 1.29 is 14.1 Å². The summed E-state index contributed by atoms with van der Waals surface area (Å²) in [5.74, 6) is -0.235. The van der Waals surface area contributed by atoms with E-state index in [0.29, 0.717) is 18.5 Å². The van der Waals surface area contributed by atoms with E-state index in [1.54, 1.807) is 30.3 Å². The smallest absolute Gasteiger partial charge is 0.269 e. The Morgan fingerprint density at radius 3 is 2.52 bits per heavy atom. The molecule has 0 heterocycles. The second-order valence-corrected chi connectivity index (χ2v) is 5.78. The van der Waals surface area contributed by atoms with E-state index in [1.165, 1.54) is 30.0 Å². The van der Waals surface area contributed by atoms with Crippen LogP contribution >= 0.6 is 11.8 Å². The Balaban J connectivity index is 1.73. The fourth-order valence-corrected chi connectivity index (χ4v) is 2.63. The standard InChI is InChI=1S/C16H15FN2O3S/c17-15-4-2-1-3-12(15)9-10-18-16(20)11-23-14-7-5-13(6-8-14)19(21)22/h1-8H,9-11H2,(H,18,20). The van der Waals surface area contributed by atoms with Crippen molar-refractivity contribution in [2.45, 2.75) is 11.3 Å². The highest BCUT2D eigenvalue weighted by Crippen LogP contribution is 2.21. The van der Waals surface area contributed by atoms with Gasteiger partial charge < -0.3 is 5.32 Å². The minimum Gasteiger partial charge on any atom is -0.355 e. The molecule has 5 nitrogen and oxygen atoms in total. The number of nitrogens with zero attached hydrogens (tertiary/aromatic N) is 1. The number of benzene rings is 2. The molecule has 2 rings (SSSR count). The fraction of sp³-hybridized carbons (Fsp3) is 0.188. The molecular formula is C16H15FN2O3S. The number of carbonyl (C=O) groups excluding carboxylic acids is 1. The monoisotopic (exact) mass is 334 g/mol. The van der Waals surface area contributed by atoms with E-state index in [2.05, 4.69) is 5.32 Å². The Kier molecular flexibility index (Phi) is 6.10. The van der Waals surface area contributed by atoms with Crippen molar-refractivity contribution in [2.75, 3.05) is 12.3 Å². The summed E-state index contributed by atoms with van der Waals surface area (Å²) < 4.78 is 13.4. The maximum atomic E-state index is 13.4. The Hall–Kier alpha value is -2.41. The molecule has 0 aliphatic carbocycles. The minimum absolute atomic E-state index is 0.0173. The maximum Gasteiger partial charge on any atom is 0.269 e. The lowest BCUT2D eigenvalue weighted by atomic mass is 10.1. The van der Waals surface area contributed by atoms with Crippen LogP contribution in [0.15, 0.2) is 53.4 Å². The molecule has 0 bridgehead atoms.